The van der Waals surface area contributed by atoms with Crippen molar-refractivity contribution in [3.8, 4) is 11.3 Å². The highest BCUT2D eigenvalue weighted by Crippen LogP contribution is 2.60. The van der Waals surface area contributed by atoms with E-state index in [1.54, 1.807) is 42.7 Å². The minimum atomic E-state index is -5.77. The number of imidazole rings is 1. The molecule has 2 N–H and O–H groups in total. The molecule has 0 atom stereocenters. The fourth-order valence-electron chi connectivity index (χ4n) is 3.81. The molecule has 0 aliphatic carbocycles. The molecule has 0 spiro atoms. The molecule has 2 heterocycles. The molecule has 0 fully saturated rings. The van der Waals surface area contributed by atoms with Gasteiger partial charge in [-0.3, -0.25) is 18.7 Å². The summed E-state index contributed by atoms with van der Waals surface area (Å²) >= 11 is 2.97. The average molecular weight is 628 g/mol. The molecule has 0 saturated carbocycles. The van der Waals surface area contributed by atoms with Crippen molar-refractivity contribution in [2.24, 2.45) is 0 Å². The monoisotopic (exact) mass is 627 g/mol. The van der Waals surface area contributed by atoms with Crippen molar-refractivity contribution >= 4 is 33.4 Å². The molecule has 0 amide bonds. The van der Waals surface area contributed by atoms with Gasteiger partial charge < -0.3 is 9.79 Å². The number of hydrogen-bond acceptors (Lipinski definition) is 5. The number of benzene rings is 2. The highest BCUT2D eigenvalue weighted by molar-refractivity contribution is 9.10. The molecule has 0 unspecified atom stereocenters. The van der Waals surface area contributed by atoms with E-state index in [9.17, 15) is 26.6 Å². The standard InChI is InChI=1S/C24H21BrF2N3O6PS/c1-38(35,36)19-8-6-17(7-9-19)22-15-29(14-18-4-2-3-11-28-18)23(31)30(22)13-16-5-10-20(21(25)12-16)24(26,27)37(32,33)34/h2-12,15H,13-14H2,1H3,(H2,32,33,34). The number of halogens is 3. The first kappa shape index (κ1) is 28.1. The summed E-state index contributed by atoms with van der Waals surface area (Å²) < 4.78 is 66.1. The van der Waals surface area contributed by atoms with E-state index in [0.717, 1.165) is 12.3 Å². The van der Waals surface area contributed by atoms with E-state index in [2.05, 4.69) is 20.9 Å². The van der Waals surface area contributed by atoms with Gasteiger partial charge in [0.25, 0.3) is 0 Å². The van der Waals surface area contributed by atoms with Crippen molar-refractivity contribution in [2.45, 2.75) is 23.6 Å². The Labute approximate surface area is 224 Å². The third-order valence-electron chi connectivity index (χ3n) is 5.75. The second kappa shape index (κ2) is 10.3. The zero-order valence-electron chi connectivity index (χ0n) is 19.7. The number of aromatic nitrogens is 3. The van der Waals surface area contributed by atoms with Gasteiger partial charge in [0.1, 0.15) is 0 Å². The van der Waals surface area contributed by atoms with Crippen LogP contribution in [0.1, 0.15) is 16.8 Å². The van der Waals surface area contributed by atoms with E-state index in [1.165, 1.54) is 33.4 Å². The van der Waals surface area contributed by atoms with Crippen molar-refractivity contribution in [3.63, 3.8) is 0 Å². The van der Waals surface area contributed by atoms with Crippen LogP contribution in [0.3, 0.4) is 0 Å². The van der Waals surface area contributed by atoms with E-state index in [0.29, 0.717) is 22.5 Å². The van der Waals surface area contributed by atoms with Crippen molar-refractivity contribution in [1.29, 1.82) is 0 Å². The van der Waals surface area contributed by atoms with Crippen LogP contribution < -0.4 is 5.69 Å². The summed E-state index contributed by atoms with van der Waals surface area (Å²) in [5.74, 6) is 0. The summed E-state index contributed by atoms with van der Waals surface area (Å²) in [5.41, 5.74) is -3.72. The van der Waals surface area contributed by atoms with E-state index in [4.69, 9.17) is 9.79 Å². The molecule has 38 heavy (non-hydrogen) atoms. The second-order valence-corrected chi connectivity index (χ2v) is 13.0. The van der Waals surface area contributed by atoms with E-state index >= 15 is 0 Å². The lowest BCUT2D eigenvalue weighted by molar-refractivity contribution is 0.0557. The van der Waals surface area contributed by atoms with Gasteiger partial charge in [-0.25, -0.2) is 13.2 Å². The summed E-state index contributed by atoms with van der Waals surface area (Å²) in [5, 5.41) is 0. The molecule has 2 aromatic heterocycles. The van der Waals surface area contributed by atoms with Gasteiger partial charge in [0.15, 0.2) is 9.84 Å². The molecule has 4 rings (SSSR count). The summed E-state index contributed by atoms with van der Waals surface area (Å²) in [6.07, 6.45) is 4.27. The average Bonchev–Trinajstić information content (AvgIpc) is 3.13. The lowest BCUT2D eigenvalue weighted by Gasteiger charge is -2.19. The highest BCUT2D eigenvalue weighted by atomic mass is 79.9. The SMILES string of the molecule is CS(=O)(=O)c1ccc(-c2cn(Cc3ccccn3)c(=O)n2Cc2ccc(C(F)(F)P(=O)(O)O)c(Br)c2)cc1. The number of sulfone groups is 1. The quantitative estimate of drug-likeness (QED) is 0.280. The molecule has 0 aliphatic heterocycles. The Morgan fingerprint density at radius 2 is 1.74 bits per heavy atom. The lowest BCUT2D eigenvalue weighted by Crippen LogP contribution is -2.25. The minimum absolute atomic E-state index is 0.0719. The van der Waals surface area contributed by atoms with Crippen LogP contribution in [-0.2, 0) is 33.2 Å². The van der Waals surface area contributed by atoms with Crippen LogP contribution in [-0.4, -0.2) is 38.6 Å². The molecule has 0 radical (unpaired) electrons. The molecule has 4 aromatic rings. The summed E-state index contributed by atoms with van der Waals surface area (Å²) in [6, 6.07) is 14.7. The van der Waals surface area contributed by atoms with Crippen LogP contribution in [0, 0.1) is 0 Å². The van der Waals surface area contributed by atoms with Gasteiger partial charge >= 0.3 is 18.9 Å². The van der Waals surface area contributed by atoms with Crippen LogP contribution in [0.5, 0.6) is 0 Å². The topological polar surface area (TPSA) is 131 Å². The Balaban J connectivity index is 1.78. The van der Waals surface area contributed by atoms with E-state index < -0.39 is 34.3 Å². The highest BCUT2D eigenvalue weighted by Gasteiger charge is 2.51. The van der Waals surface area contributed by atoms with Gasteiger partial charge in [0, 0.05) is 28.7 Å². The molecule has 0 saturated heterocycles. The first-order chi connectivity index (χ1) is 17.7. The summed E-state index contributed by atoms with van der Waals surface area (Å²) in [7, 11) is -9.21. The lowest BCUT2D eigenvalue weighted by atomic mass is 10.1. The molecular formula is C24H21BrF2N3O6PS. The van der Waals surface area contributed by atoms with Gasteiger partial charge in [0.2, 0.25) is 0 Å². The number of pyridine rings is 1. The van der Waals surface area contributed by atoms with Crippen molar-refractivity contribution in [2.75, 3.05) is 6.26 Å². The molecule has 0 bridgehead atoms. The molecule has 2 aromatic carbocycles. The third-order valence-corrected chi connectivity index (χ3v) is 8.50. The Kier molecular flexibility index (Phi) is 7.61. The maximum atomic E-state index is 14.3. The van der Waals surface area contributed by atoms with Crippen LogP contribution in [0.25, 0.3) is 11.3 Å². The second-order valence-electron chi connectivity index (χ2n) is 8.53. The van der Waals surface area contributed by atoms with Crippen LogP contribution in [0.4, 0.5) is 8.78 Å². The van der Waals surface area contributed by atoms with Gasteiger partial charge in [-0.15, -0.1) is 0 Å². The zero-order valence-corrected chi connectivity index (χ0v) is 23.0. The first-order valence-electron chi connectivity index (χ1n) is 10.9. The number of hydrogen-bond donors (Lipinski definition) is 2. The van der Waals surface area contributed by atoms with Gasteiger partial charge in [-0.05, 0) is 41.5 Å². The largest absolute Gasteiger partial charge is 0.399 e. The molecule has 14 heteroatoms. The minimum Gasteiger partial charge on any atom is -0.320 e. The molecule has 9 nitrogen and oxygen atoms in total. The van der Waals surface area contributed by atoms with Crippen LogP contribution in [0.15, 0.2) is 87.2 Å². The summed E-state index contributed by atoms with van der Waals surface area (Å²) in [4.78, 5) is 35.9. The molecule has 0 aliphatic rings. The van der Waals surface area contributed by atoms with Crippen LogP contribution in [0.2, 0.25) is 0 Å². The maximum Gasteiger partial charge on any atom is 0.399 e. The Morgan fingerprint density at radius 1 is 1.05 bits per heavy atom. The fraction of sp³-hybridized carbons (Fsp3) is 0.167. The predicted molar refractivity (Wildman–Crippen MR) is 140 cm³/mol. The summed E-state index contributed by atoms with van der Waals surface area (Å²) in [6.45, 7) is 0.0792. The van der Waals surface area contributed by atoms with Crippen LogP contribution >= 0.6 is 23.5 Å². The first-order valence-corrected chi connectivity index (χ1v) is 15.2. The number of rotatable bonds is 8. The van der Waals surface area contributed by atoms with Gasteiger partial charge in [-0.1, -0.05) is 46.3 Å². The Hall–Kier alpha value is -2.96. The smallest absolute Gasteiger partial charge is 0.320 e. The van der Waals surface area contributed by atoms with Crippen molar-refractivity contribution < 1.29 is 31.6 Å². The van der Waals surface area contributed by atoms with Crippen molar-refractivity contribution in [1.82, 2.24) is 14.1 Å². The third kappa shape index (κ3) is 5.71. The van der Waals surface area contributed by atoms with Gasteiger partial charge in [-0.2, -0.15) is 8.78 Å². The maximum absolute atomic E-state index is 14.3. The Bertz CT molecular complexity index is 1700. The number of nitrogens with zero attached hydrogens (tertiary/aromatic N) is 3. The van der Waals surface area contributed by atoms with Gasteiger partial charge in [0.05, 0.1) is 29.4 Å². The zero-order chi connectivity index (χ0) is 27.9. The van der Waals surface area contributed by atoms with E-state index in [-0.39, 0.29) is 22.5 Å². The predicted octanol–water partition coefficient (Wildman–Crippen LogP) is 4.20. The normalized spacial score (nSPS) is 12.6. The molecule has 200 valence electrons. The Morgan fingerprint density at radius 3 is 2.29 bits per heavy atom. The number of alkyl halides is 2. The molecular weight excluding hydrogens is 607 g/mol. The van der Waals surface area contributed by atoms with E-state index in [1.807, 2.05) is 0 Å². The fourth-order valence-corrected chi connectivity index (χ4v) is 5.77. The van der Waals surface area contributed by atoms with Crippen molar-refractivity contribution in [3.05, 3.63) is 105 Å².